The van der Waals surface area contributed by atoms with Gasteiger partial charge in [-0.15, -0.1) is 0 Å². The van der Waals surface area contributed by atoms with E-state index in [4.69, 9.17) is 14.2 Å². The SMILES string of the molecule is CCOC(=O)CNC(=O)COc1cc(=O)n(-c2cccc(Br)c2)nc1C(=O)OCC. The van der Waals surface area contributed by atoms with Crippen LogP contribution in [0.15, 0.2) is 39.6 Å². The highest BCUT2D eigenvalue weighted by atomic mass is 79.9. The highest BCUT2D eigenvalue weighted by Crippen LogP contribution is 2.18. The molecule has 0 unspecified atom stereocenters. The van der Waals surface area contributed by atoms with Gasteiger partial charge in [0.15, 0.2) is 12.4 Å². The number of nitrogens with zero attached hydrogens (tertiary/aromatic N) is 2. The number of esters is 2. The first-order chi connectivity index (χ1) is 14.3. The van der Waals surface area contributed by atoms with Gasteiger partial charge in [0.2, 0.25) is 5.69 Å². The van der Waals surface area contributed by atoms with Gasteiger partial charge in [-0.05, 0) is 32.0 Å². The van der Waals surface area contributed by atoms with Gasteiger partial charge >= 0.3 is 11.9 Å². The zero-order valence-electron chi connectivity index (χ0n) is 16.3. The second-order valence-electron chi connectivity index (χ2n) is 5.68. The maximum Gasteiger partial charge on any atom is 0.362 e. The van der Waals surface area contributed by atoms with E-state index in [2.05, 4.69) is 26.3 Å². The summed E-state index contributed by atoms with van der Waals surface area (Å²) in [6.07, 6.45) is 0. The van der Waals surface area contributed by atoms with Crippen LogP contribution in [0.2, 0.25) is 0 Å². The Morgan fingerprint density at radius 3 is 2.53 bits per heavy atom. The quantitative estimate of drug-likeness (QED) is 0.529. The van der Waals surface area contributed by atoms with Gasteiger partial charge in [-0.3, -0.25) is 14.4 Å². The number of ether oxygens (including phenoxy) is 3. The number of nitrogens with one attached hydrogen (secondary N) is 1. The molecule has 30 heavy (non-hydrogen) atoms. The minimum Gasteiger partial charge on any atom is -0.481 e. The fourth-order valence-electron chi connectivity index (χ4n) is 2.26. The van der Waals surface area contributed by atoms with Crippen molar-refractivity contribution in [3.63, 3.8) is 0 Å². The molecular weight excluding hydrogens is 462 g/mol. The number of carbonyl (C=O) groups excluding carboxylic acids is 3. The van der Waals surface area contributed by atoms with Gasteiger partial charge in [0.05, 0.1) is 25.0 Å². The Morgan fingerprint density at radius 2 is 1.87 bits per heavy atom. The normalized spacial score (nSPS) is 10.2. The Balaban J connectivity index is 2.25. The van der Waals surface area contributed by atoms with Crippen LogP contribution in [0, 0.1) is 0 Å². The molecule has 1 amide bonds. The van der Waals surface area contributed by atoms with Crippen molar-refractivity contribution < 1.29 is 28.6 Å². The van der Waals surface area contributed by atoms with Crippen LogP contribution in [0.25, 0.3) is 5.69 Å². The Morgan fingerprint density at radius 1 is 1.13 bits per heavy atom. The number of aromatic nitrogens is 2. The van der Waals surface area contributed by atoms with Crippen LogP contribution in [0.4, 0.5) is 0 Å². The van der Waals surface area contributed by atoms with Crippen LogP contribution in [0.1, 0.15) is 24.3 Å². The molecule has 1 N–H and O–H groups in total. The van der Waals surface area contributed by atoms with E-state index in [9.17, 15) is 19.2 Å². The van der Waals surface area contributed by atoms with Gasteiger partial charge < -0.3 is 19.5 Å². The molecule has 0 aliphatic heterocycles. The van der Waals surface area contributed by atoms with Crippen LogP contribution < -0.4 is 15.6 Å². The second-order valence-corrected chi connectivity index (χ2v) is 6.59. The van der Waals surface area contributed by atoms with Gasteiger partial charge in [0, 0.05) is 4.47 Å². The minimum absolute atomic E-state index is 0.0794. The lowest BCUT2D eigenvalue weighted by Crippen LogP contribution is -2.34. The number of hydrogen-bond donors (Lipinski definition) is 1. The lowest BCUT2D eigenvalue weighted by Gasteiger charge is -2.12. The summed E-state index contributed by atoms with van der Waals surface area (Å²) in [4.78, 5) is 48.0. The maximum atomic E-state index is 12.5. The molecule has 11 heteroatoms. The van der Waals surface area contributed by atoms with E-state index >= 15 is 0 Å². The lowest BCUT2D eigenvalue weighted by atomic mass is 10.3. The van der Waals surface area contributed by atoms with E-state index in [1.54, 1.807) is 38.1 Å². The number of carbonyl (C=O) groups is 3. The molecule has 0 saturated heterocycles. The monoisotopic (exact) mass is 481 g/mol. The molecule has 0 radical (unpaired) electrons. The number of halogens is 1. The average molecular weight is 482 g/mol. The molecule has 2 rings (SSSR count). The molecular formula is C19H20BrN3O7. The highest BCUT2D eigenvalue weighted by molar-refractivity contribution is 9.10. The summed E-state index contributed by atoms with van der Waals surface area (Å²) >= 11 is 3.31. The van der Waals surface area contributed by atoms with Crippen LogP contribution in [0.5, 0.6) is 5.75 Å². The number of amides is 1. The van der Waals surface area contributed by atoms with Gasteiger partial charge in [-0.2, -0.15) is 9.78 Å². The molecule has 160 valence electrons. The van der Waals surface area contributed by atoms with Crippen LogP contribution in [-0.4, -0.2) is 54.0 Å². The molecule has 2 aromatic rings. The lowest BCUT2D eigenvalue weighted by molar-refractivity contribution is -0.143. The Kier molecular flexibility index (Phi) is 8.54. The molecule has 0 aliphatic rings. The minimum atomic E-state index is -0.817. The third-order valence-electron chi connectivity index (χ3n) is 3.51. The number of benzene rings is 1. The molecule has 1 aromatic heterocycles. The summed E-state index contributed by atoms with van der Waals surface area (Å²) < 4.78 is 16.7. The van der Waals surface area contributed by atoms with E-state index in [1.165, 1.54) is 0 Å². The van der Waals surface area contributed by atoms with E-state index in [0.29, 0.717) is 10.2 Å². The van der Waals surface area contributed by atoms with Crippen molar-refractivity contribution in [1.29, 1.82) is 0 Å². The fraction of sp³-hybridized carbons (Fsp3) is 0.316. The van der Waals surface area contributed by atoms with E-state index in [1.807, 2.05) is 0 Å². The van der Waals surface area contributed by atoms with Crippen LogP contribution in [0.3, 0.4) is 0 Å². The highest BCUT2D eigenvalue weighted by Gasteiger charge is 2.21. The third-order valence-corrected chi connectivity index (χ3v) is 4.01. The molecule has 0 saturated carbocycles. The largest absolute Gasteiger partial charge is 0.481 e. The molecule has 0 fully saturated rings. The van der Waals surface area contributed by atoms with Gasteiger partial charge in [-0.25, -0.2) is 4.79 Å². The molecule has 0 bridgehead atoms. The van der Waals surface area contributed by atoms with Crippen molar-refractivity contribution in [1.82, 2.24) is 15.1 Å². The fourth-order valence-corrected chi connectivity index (χ4v) is 2.65. The third kappa shape index (κ3) is 6.41. The summed E-state index contributed by atoms with van der Waals surface area (Å²) in [7, 11) is 0. The van der Waals surface area contributed by atoms with Crippen LogP contribution in [-0.2, 0) is 19.1 Å². The second kappa shape index (κ2) is 11.1. The van der Waals surface area contributed by atoms with Crippen molar-refractivity contribution in [3.8, 4) is 11.4 Å². The summed E-state index contributed by atoms with van der Waals surface area (Å²) in [5.74, 6) is -2.27. The molecule has 1 heterocycles. The Labute approximate surface area is 180 Å². The van der Waals surface area contributed by atoms with Crippen molar-refractivity contribution in [2.24, 2.45) is 0 Å². The Bertz CT molecular complexity index is 990. The van der Waals surface area contributed by atoms with E-state index in [-0.39, 0.29) is 31.2 Å². The standard InChI is InChI=1S/C19H20BrN3O7/c1-3-28-17(26)10-21-15(24)11-30-14-9-16(25)23(13-7-5-6-12(20)8-13)22-18(14)19(27)29-4-2/h5-9H,3-4,10-11H2,1-2H3,(H,21,24). The first kappa shape index (κ1) is 23.1. The summed E-state index contributed by atoms with van der Waals surface area (Å²) in [6, 6.07) is 7.80. The zero-order valence-corrected chi connectivity index (χ0v) is 17.9. The van der Waals surface area contributed by atoms with Crippen molar-refractivity contribution in [3.05, 3.63) is 50.9 Å². The average Bonchev–Trinajstić information content (AvgIpc) is 2.71. The molecule has 0 aliphatic carbocycles. The predicted molar refractivity (Wildman–Crippen MR) is 109 cm³/mol. The topological polar surface area (TPSA) is 126 Å². The maximum absolute atomic E-state index is 12.5. The molecule has 10 nitrogen and oxygen atoms in total. The van der Waals surface area contributed by atoms with Crippen molar-refractivity contribution in [2.45, 2.75) is 13.8 Å². The molecule has 0 atom stereocenters. The van der Waals surface area contributed by atoms with Gasteiger partial charge in [0.1, 0.15) is 6.54 Å². The number of rotatable bonds is 9. The van der Waals surface area contributed by atoms with Gasteiger partial charge in [0.25, 0.3) is 11.5 Å². The first-order valence-electron chi connectivity index (χ1n) is 8.98. The van der Waals surface area contributed by atoms with Crippen molar-refractivity contribution in [2.75, 3.05) is 26.4 Å². The van der Waals surface area contributed by atoms with Gasteiger partial charge in [-0.1, -0.05) is 22.0 Å². The zero-order chi connectivity index (χ0) is 22.1. The summed E-state index contributed by atoms with van der Waals surface area (Å²) in [5, 5.41) is 6.36. The smallest absolute Gasteiger partial charge is 0.362 e. The van der Waals surface area contributed by atoms with Crippen LogP contribution >= 0.6 is 15.9 Å². The molecule has 1 aromatic carbocycles. The predicted octanol–water partition coefficient (Wildman–Crippen LogP) is 1.23. The summed E-state index contributed by atoms with van der Waals surface area (Å²) in [6.45, 7) is 2.65. The number of hydrogen-bond acceptors (Lipinski definition) is 8. The Hall–Kier alpha value is -3.21. The van der Waals surface area contributed by atoms with E-state index in [0.717, 1.165) is 10.7 Å². The molecule has 0 spiro atoms. The summed E-state index contributed by atoms with van der Waals surface area (Å²) in [5.41, 5.74) is -0.434. The first-order valence-corrected chi connectivity index (χ1v) is 9.77. The van der Waals surface area contributed by atoms with Crippen molar-refractivity contribution >= 4 is 33.8 Å². The van der Waals surface area contributed by atoms with E-state index < -0.39 is 30.0 Å².